The van der Waals surface area contributed by atoms with Gasteiger partial charge in [0.25, 0.3) is 5.91 Å². The van der Waals surface area contributed by atoms with Gasteiger partial charge in [-0.2, -0.15) is 0 Å². The van der Waals surface area contributed by atoms with Crippen molar-refractivity contribution in [1.82, 2.24) is 5.32 Å². The van der Waals surface area contributed by atoms with Crippen molar-refractivity contribution in [2.75, 3.05) is 0 Å². The molecule has 0 saturated carbocycles. The lowest BCUT2D eigenvalue weighted by atomic mass is 10.00. The third kappa shape index (κ3) is 4.85. The molecule has 2 rings (SSSR count). The summed E-state index contributed by atoms with van der Waals surface area (Å²) in [6.45, 7) is 12.2. The Morgan fingerprint density at radius 1 is 1.00 bits per heavy atom. The molecule has 0 unspecified atom stereocenters. The van der Waals surface area contributed by atoms with Crippen molar-refractivity contribution < 1.29 is 9.53 Å². The summed E-state index contributed by atoms with van der Waals surface area (Å²) in [5.74, 6) is 0.665. The van der Waals surface area contributed by atoms with Crippen LogP contribution in [0.5, 0.6) is 5.75 Å². The number of rotatable bonds is 6. The standard InChI is InChI=1S/C22H29NO2/c1-7-21(25-19-11-10-15(3)17(5)13-19)22(24)23-18(6)20-12-14(2)8-9-16(20)4/h8-13,18,21H,7H2,1-6H3,(H,23,24)/t18-,21+/m1/s1. The van der Waals surface area contributed by atoms with Gasteiger partial charge in [-0.3, -0.25) is 4.79 Å². The molecule has 0 aromatic heterocycles. The Hall–Kier alpha value is -2.29. The quantitative estimate of drug-likeness (QED) is 0.808. The second-order valence-electron chi connectivity index (χ2n) is 6.85. The molecular formula is C22H29NO2. The van der Waals surface area contributed by atoms with Gasteiger partial charge in [0.1, 0.15) is 5.75 Å². The van der Waals surface area contributed by atoms with Gasteiger partial charge >= 0.3 is 0 Å². The molecule has 1 N–H and O–H groups in total. The first-order valence-corrected chi connectivity index (χ1v) is 8.93. The molecule has 25 heavy (non-hydrogen) atoms. The highest BCUT2D eigenvalue weighted by molar-refractivity contribution is 5.81. The Kier molecular flexibility index (Phi) is 6.24. The van der Waals surface area contributed by atoms with Crippen molar-refractivity contribution in [2.24, 2.45) is 0 Å². The summed E-state index contributed by atoms with van der Waals surface area (Å²) in [5.41, 5.74) is 5.90. The Morgan fingerprint density at radius 3 is 2.32 bits per heavy atom. The lowest BCUT2D eigenvalue weighted by Gasteiger charge is -2.22. The van der Waals surface area contributed by atoms with Crippen LogP contribution in [-0.2, 0) is 4.79 Å². The summed E-state index contributed by atoms with van der Waals surface area (Å²) in [6, 6.07) is 12.2. The Balaban J connectivity index is 2.08. The fourth-order valence-electron chi connectivity index (χ4n) is 2.88. The predicted molar refractivity (Wildman–Crippen MR) is 103 cm³/mol. The van der Waals surface area contributed by atoms with Gasteiger partial charge in [0.15, 0.2) is 6.10 Å². The van der Waals surface area contributed by atoms with Gasteiger partial charge in [0, 0.05) is 0 Å². The van der Waals surface area contributed by atoms with E-state index in [0.717, 1.165) is 16.9 Å². The van der Waals surface area contributed by atoms with Gasteiger partial charge in [-0.05, 0) is 75.4 Å². The number of hydrogen-bond donors (Lipinski definition) is 1. The highest BCUT2D eigenvalue weighted by Crippen LogP contribution is 2.21. The lowest BCUT2D eigenvalue weighted by molar-refractivity contribution is -0.128. The van der Waals surface area contributed by atoms with Crippen LogP contribution in [-0.4, -0.2) is 12.0 Å². The van der Waals surface area contributed by atoms with Gasteiger partial charge in [-0.15, -0.1) is 0 Å². The van der Waals surface area contributed by atoms with Crippen LogP contribution in [0.25, 0.3) is 0 Å². The molecule has 0 spiro atoms. The molecule has 0 aliphatic rings. The average molecular weight is 339 g/mol. The molecule has 1 amide bonds. The van der Waals surface area contributed by atoms with Crippen molar-refractivity contribution in [3.05, 3.63) is 64.2 Å². The van der Waals surface area contributed by atoms with Gasteiger partial charge < -0.3 is 10.1 Å². The molecule has 0 aliphatic heterocycles. The average Bonchev–Trinajstić information content (AvgIpc) is 2.57. The third-order valence-corrected chi connectivity index (χ3v) is 4.68. The molecule has 0 bridgehead atoms. The molecular weight excluding hydrogens is 310 g/mol. The van der Waals surface area contributed by atoms with Crippen LogP contribution in [0.2, 0.25) is 0 Å². The van der Waals surface area contributed by atoms with E-state index in [9.17, 15) is 4.79 Å². The van der Waals surface area contributed by atoms with E-state index in [1.165, 1.54) is 16.7 Å². The molecule has 3 nitrogen and oxygen atoms in total. The molecule has 2 atom stereocenters. The van der Waals surface area contributed by atoms with Gasteiger partial charge in [0.2, 0.25) is 0 Å². The molecule has 0 aliphatic carbocycles. The van der Waals surface area contributed by atoms with Crippen LogP contribution < -0.4 is 10.1 Å². The summed E-state index contributed by atoms with van der Waals surface area (Å²) in [4.78, 5) is 12.7. The highest BCUT2D eigenvalue weighted by Gasteiger charge is 2.21. The smallest absolute Gasteiger partial charge is 0.261 e. The first-order valence-electron chi connectivity index (χ1n) is 8.93. The normalized spacial score (nSPS) is 13.2. The van der Waals surface area contributed by atoms with Crippen LogP contribution in [0.1, 0.15) is 54.1 Å². The third-order valence-electron chi connectivity index (χ3n) is 4.68. The lowest BCUT2D eigenvalue weighted by Crippen LogP contribution is -2.39. The van der Waals surface area contributed by atoms with Crippen molar-refractivity contribution in [2.45, 2.75) is 60.1 Å². The fourth-order valence-corrected chi connectivity index (χ4v) is 2.88. The van der Waals surface area contributed by atoms with Gasteiger partial charge in [0.05, 0.1) is 6.04 Å². The topological polar surface area (TPSA) is 38.3 Å². The molecule has 2 aromatic carbocycles. The maximum atomic E-state index is 12.7. The summed E-state index contributed by atoms with van der Waals surface area (Å²) in [6.07, 6.45) is 0.132. The summed E-state index contributed by atoms with van der Waals surface area (Å²) < 4.78 is 5.94. The van der Waals surface area contributed by atoms with E-state index in [-0.39, 0.29) is 11.9 Å². The molecule has 2 aromatic rings. The minimum absolute atomic E-state index is 0.0511. The maximum absolute atomic E-state index is 12.7. The highest BCUT2D eigenvalue weighted by atomic mass is 16.5. The van der Waals surface area contributed by atoms with Crippen molar-refractivity contribution in [3.63, 3.8) is 0 Å². The van der Waals surface area contributed by atoms with Crippen LogP contribution >= 0.6 is 0 Å². The molecule has 134 valence electrons. The largest absolute Gasteiger partial charge is 0.481 e. The van der Waals surface area contributed by atoms with E-state index in [0.29, 0.717) is 6.42 Å². The minimum atomic E-state index is -0.491. The van der Waals surface area contributed by atoms with Gasteiger partial charge in [-0.1, -0.05) is 36.8 Å². The maximum Gasteiger partial charge on any atom is 0.261 e. The van der Waals surface area contributed by atoms with E-state index < -0.39 is 6.10 Å². The number of hydrogen-bond acceptors (Lipinski definition) is 2. The number of benzene rings is 2. The summed E-state index contributed by atoms with van der Waals surface area (Å²) in [7, 11) is 0. The van der Waals surface area contributed by atoms with E-state index >= 15 is 0 Å². The monoisotopic (exact) mass is 339 g/mol. The van der Waals surface area contributed by atoms with E-state index in [4.69, 9.17) is 4.74 Å². The van der Waals surface area contributed by atoms with Crippen LogP contribution in [0, 0.1) is 27.7 Å². The Labute approximate surface area is 151 Å². The SMILES string of the molecule is CC[C@H](Oc1ccc(C)c(C)c1)C(=O)N[C@H](C)c1cc(C)ccc1C. The number of aryl methyl sites for hydroxylation is 4. The van der Waals surface area contributed by atoms with Crippen LogP contribution in [0.3, 0.4) is 0 Å². The van der Waals surface area contributed by atoms with Crippen molar-refractivity contribution >= 4 is 5.91 Å². The summed E-state index contributed by atoms with van der Waals surface area (Å²) in [5, 5.41) is 3.10. The molecule has 0 saturated heterocycles. The zero-order chi connectivity index (χ0) is 18.6. The number of ether oxygens (including phenoxy) is 1. The number of nitrogens with one attached hydrogen (secondary N) is 1. The first kappa shape index (κ1) is 19.0. The molecule has 3 heteroatoms. The second-order valence-corrected chi connectivity index (χ2v) is 6.85. The zero-order valence-corrected chi connectivity index (χ0v) is 16.1. The zero-order valence-electron chi connectivity index (χ0n) is 16.1. The second kappa shape index (κ2) is 8.19. The van der Waals surface area contributed by atoms with Gasteiger partial charge in [-0.25, -0.2) is 0 Å². The molecule has 0 fully saturated rings. The number of carbonyl (C=O) groups is 1. The summed E-state index contributed by atoms with van der Waals surface area (Å²) >= 11 is 0. The van der Waals surface area contributed by atoms with Crippen molar-refractivity contribution in [1.29, 1.82) is 0 Å². The fraction of sp³-hybridized carbons (Fsp3) is 0.409. The van der Waals surface area contributed by atoms with Crippen LogP contribution in [0.4, 0.5) is 0 Å². The number of amides is 1. The van der Waals surface area contributed by atoms with E-state index in [2.05, 4.69) is 44.3 Å². The minimum Gasteiger partial charge on any atom is -0.481 e. The molecule has 0 heterocycles. The number of carbonyl (C=O) groups excluding carboxylic acids is 1. The van der Waals surface area contributed by atoms with E-state index in [1.807, 2.05) is 39.0 Å². The Bertz CT molecular complexity index is 752. The van der Waals surface area contributed by atoms with E-state index in [1.54, 1.807) is 0 Å². The van der Waals surface area contributed by atoms with Crippen molar-refractivity contribution in [3.8, 4) is 5.75 Å². The van der Waals surface area contributed by atoms with Crippen LogP contribution in [0.15, 0.2) is 36.4 Å². The molecule has 0 radical (unpaired) electrons. The first-order chi connectivity index (χ1) is 11.8. The Morgan fingerprint density at radius 2 is 1.68 bits per heavy atom. The predicted octanol–water partition coefficient (Wildman–Crippen LogP) is 4.96.